The Hall–Kier alpha value is -2.08. The van der Waals surface area contributed by atoms with Gasteiger partial charge in [-0.25, -0.2) is 0 Å². The van der Waals surface area contributed by atoms with Crippen molar-refractivity contribution in [2.75, 3.05) is 39.3 Å². The van der Waals surface area contributed by atoms with Gasteiger partial charge in [0.2, 0.25) is 11.8 Å². The third-order valence-electron chi connectivity index (χ3n) is 7.12. The van der Waals surface area contributed by atoms with Crippen LogP contribution in [0.1, 0.15) is 43.2 Å². The average molecular weight is 398 g/mol. The number of carbonyl (C=O) groups excluding carboxylic acids is 2. The number of carbonyl (C=O) groups is 2. The number of likely N-dealkylation sites (tertiary alicyclic amines) is 1. The molecule has 3 aliphatic heterocycles. The molecule has 3 fully saturated rings. The Morgan fingerprint density at radius 3 is 2.69 bits per heavy atom. The maximum absolute atomic E-state index is 13.0. The van der Waals surface area contributed by atoms with Gasteiger partial charge in [-0.3, -0.25) is 14.5 Å². The van der Waals surface area contributed by atoms with Gasteiger partial charge in [-0.05, 0) is 30.0 Å². The molecule has 6 heteroatoms. The Kier molecular flexibility index (Phi) is 5.20. The lowest BCUT2D eigenvalue weighted by Gasteiger charge is -2.36. The summed E-state index contributed by atoms with van der Waals surface area (Å²) < 4.78 is 5.59. The predicted molar refractivity (Wildman–Crippen MR) is 110 cm³/mol. The highest BCUT2D eigenvalue weighted by molar-refractivity contribution is 5.89. The first-order chi connectivity index (χ1) is 14.2. The zero-order chi connectivity index (χ0) is 19.8. The normalized spacial score (nSPS) is 25.5. The minimum Gasteiger partial charge on any atom is -0.493 e. The molecule has 5 rings (SSSR count). The second kappa shape index (κ2) is 7.98. The summed E-state index contributed by atoms with van der Waals surface area (Å²) in [6.07, 6.45) is 6.06. The predicted octanol–water partition coefficient (Wildman–Crippen LogP) is 2.06. The lowest BCUT2D eigenvalue weighted by atomic mass is 10.1. The molecular weight excluding hydrogens is 366 g/mol. The van der Waals surface area contributed by atoms with E-state index in [1.165, 1.54) is 24.0 Å². The molecule has 1 aliphatic carbocycles. The number of hydrogen-bond donors (Lipinski definition) is 0. The van der Waals surface area contributed by atoms with Crippen LogP contribution in [-0.4, -0.2) is 71.9 Å². The van der Waals surface area contributed by atoms with E-state index in [1.54, 1.807) is 0 Å². The number of benzene rings is 1. The van der Waals surface area contributed by atoms with Crippen LogP contribution < -0.4 is 4.74 Å². The minimum atomic E-state index is -0.133. The number of rotatable bonds is 4. The van der Waals surface area contributed by atoms with Crippen LogP contribution in [-0.2, 0) is 22.6 Å². The highest BCUT2D eigenvalue weighted by atomic mass is 16.5. The summed E-state index contributed by atoms with van der Waals surface area (Å²) in [6, 6.07) is 6.89. The van der Waals surface area contributed by atoms with Crippen LogP contribution in [0.2, 0.25) is 0 Å². The first-order valence-corrected chi connectivity index (χ1v) is 11.2. The first kappa shape index (κ1) is 18.9. The van der Waals surface area contributed by atoms with Crippen molar-refractivity contribution >= 4 is 11.8 Å². The molecule has 2 saturated heterocycles. The van der Waals surface area contributed by atoms with Crippen LogP contribution in [0.4, 0.5) is 0 Å². The van der Waals surface area contributed by atoms with E-state index in [2.05, 4.69) is 23.1 Å². The van der Waals surface area contributed by atoms with Crippen molar-refractivity contribution in [1.82, 2.24) is 14.7 Å². The zero-order valence-corrected chi connectivity index (χ0v) is 17.1. The average Bonchev–Trinajstić information content (AvgIpc) is 3.48. The maximum atomic E-state index is 13.0. The molecule has 0 N–H and O–H groups in total. The number of hydrogen-bond acceptors (Lipinski definition) is 4. The van der Waals surface area contributed by atoms with E-state index in [9.17, 15) is 9.59 Å². The van der Waals surface area contributed by atoms with Crippen LogP contribution >= 0.6 is 0 Å². The molecule has 1 aromatic carbocycles. The maximum Gasteiger partial charge on any atom is 0.228 e. The molecule has 29 heavy (non-hydrogen) atoms. The van der Waals surface area contributed by atoms with Crippen LogP contribution in [0.5, 0.6) is 5.75 Å². The monoisotopic (exact) mass is 397 g/mol. The Morgan fingerprint density at radius 2 is 1.90 bits per heavy atom. The van der Waals surface area contributed by atoms with E-state index >= 15 is 0 Å². The van der Waals surface area contributed by atoms with Gasteiger partial charge in [-0.1, -0.05) is 25.0 Å². The van der Waals surface area contributed by atoms with Crippen molar-refractivity contribution < 1.29 is 14.3 Å². The number of ether oxygens (including phenoxy) is 1. The van der Waals surface area contributed by atoms with Crippen molar-refractivity contribution in [2.45, 2.75) is 51.1 Å². The third kappa shape index (κ3) is 3.87. The van der Waals surface area contributed by atoms with Gasteiger partial charge in [-0.15, -0.1) is 0 Å². The SMILES string of the molecule is O=C([C@H]1CC(=O)N(C2CCCC2)C1)N1CCN(Cc2ccc3c(c2)CCO3)CC1. The molecule has 0 radical (unpaired) electrons. The van der Waals surface area contributed by atoms with E-state index in [-0.39, 0.29) is 17.7 Å². The van der Waals surface area contributed by atoms with Crippen molar-refractivity contribution in [2.24, 2.45) is 5.92 Å². The minimum absolute atomic E-state index is 0.133. The third-order valence-corrected chi connectivity index (χ3v) is 7.12. The summed E-state index contributed by atoms with van der Waals surface area (Å²) in [6.45, 7) is 5.68. The molecule has 3 heterocycles. The van der Waals surface area contributed by atoms with Gasteiger partial charge < -0.3 is 14.5 Å². The zero-order valence-electron chi connectivity index (χ0n) is 17.1. The van der Waals surface area contributed by atoms with E-state index < -0.39 is 0 Å². The first-order valence-electron chi connectivity index (χ1n) is 11.2. The summed E-state index contributed by atoms with van der Waals surface area (Å²) >= 11 is 0. The summed E-state index contributed by atoms with van der Waals surface area (Å²) in [5.41, 5.74) is 2.64. The number of amides is 2. The standard InChI is InChI=1S/C23H31N3O3/c27-22-14-19(16-26(22)20-3-1-2-4-20)23(28)25-10-8-24(9-11-25)15-17-5-6-21-18(13-17)7-12-29-21/h5-6,13,19-20H,1-4,7-12,14-16H2/t19-/m0/s1. The van der Waals surface area contributed by atoms with Crippen molar-refractivity contribution in [3.63, 3.8) is 0 Å². The summed E-state index contributed by atoms with van der Waals surface area (Å²) in [7, 11) is 0. The van der Waals surface area contributed by atoms with E-state index in [0.29, 0.717) is 19.0 Å². The molecular formula is C23H31N3O3. The second-order valence-corrected chi connectivity index (χ2v) is 9.03. The van der Waals surface area contributed by atoms with Crippen LogP contribution in [0.3, 0.4) is 0 Å². The van der Waals surface area contributed by atoms with Gasteiger partial charge in [0.25, 0.3) is 0 Å². The van der Waals surface area contributed by atoms with Gasteiger partial charge in [0.05, 0.1) is 12.5 Å². The second-order valence-electron chi connectivity index (χ2n) is 9.03. The van der Waals surface area contributed by atoms with Crippen molar-refractivity contribution in [3.05, 3.63) is 29.3 Å². The molecule has 156 valence electrons. The van der Waals surface area contributed by atoms with Crippen LogP contribution in [0, 0.1) is 5.92 Å². The molecule has 0 aromatic heterocycles. The summed E-state index contributed by atoms with van der Waals surface area (Å²) in [5.74, 6) is 1.27. The molecule has 1 atom stereocenters. The van der Waals surface area contributed by atoms with Gasteiger partial charge in [0, 0.05) is 58.2 Å². The van der Waals surface area contributed by atoms with Crippen LogP contribution in [0.15, 0.2) is 18.2 Å². The van der Waals surface area contributed by atoms with E-state index in [1.807, 2.05) is 9.80 Å². The lowest BCUT2D eigenvalue weighted by molar-refractivity contribution is -0.137. The molecule has 0 bridgehead atoms. The molecule has 6 nitrogen and oxygen atoms in total. The Bertz CT molecular complexity index is 782. The molecule has 0 spiro atoms. The Morgan fingerprint density at radius 1 is 1.10 bits per heavy atom. The van der Waals surface area contributed by atoms with Gasteiger partial charge in [0.1, 0.15) is 5.75 Å². The van der Waals surface area contributed by atoms with Gasteiger partial charge in [0.15, 0.2) is 0 Å². The lowest BCUT2D eigenvalue weighted by Crippen LogP contribution is -2.50. The topological polar surface area (TPSA) is 53.1 Å². The van der Waals surface area contributed by atoms with Crippen LogP contribution in [0.25, 0.3) is 0 Å². The molecule has 4 aliphatic rings. The number of piperazine rings is 1. The Balaban J connectivity index is 1.13. The fourth-order valence-electron chi connectivity index (χ4n) is 5.45. The summed E-state index contributed by atoms with van der Waals surface area (Å²) in [5, 5.41) is 0. The van der Waals surface area contributed by atoms with E-state index in [0.717, 1.165) is 64.3 Å². The summed E-state index contributed by atoms with van der Waals surface area (Å²) in [4.78, 5) is 31.9. The molecule has 1 aromatic rings. The fraction of sp³-hybridized carbons (Fsp3) is 0.652. The highest BCUT2D eigenvalue weighted by Crippen LogP contribution is 2.30. The largest absolute Gasteiger partial charge is 0.493 e. The molecule has 2 amide bonds. The van der Waals surface area contributed by atoms with E-state index in [4.69, 9.17) is 4.74 Å². The van der Waals surface area contributed by atoms with Crippen molar-refractivity contribution in [1.29, 1.82) is 0 Å². The Labute approximate surface area is 172 Å². The van der Waals surface area contributed by atoms with Crippen molar-refractivity contribution in [3.8, 4) is 5.75 Å². The smallest absolute Gasteiger partial charge is 0.228 e. The quantitative estimate of drug-likeness (QED) is 0.780. The highest BCUT2D eigenvalue weighted by Gasteiger charge is 2.40. The molecule has 0 unspecified atom stereocenters. The van der Waals surface area contributed by atoms with Gasteiger partial charge >= 0.3 is 0 Å². The number of fused-ring (bicyclic) bond motifs is 1. The fourth-order valence-corrected chi connectivity index (χ4v) is 5.45. The number of nitrogens with zero attached hydrogens (tertiary/aromatic N) is 3. The molecule has 1 saturated carbocycles. The van der Waals surface area contributed by atoms with Gasteiger partial charge in [-0.2, -0.15) is 0 Å².